The predicted octanol–water partition coefficient (Wildman–Crippen LogP) is 3.24. The summed E-state index contributed by atoms with van der Waals surface area (Å²) in [6.45, 7) is 3.52. The number of halogens is 2. The van der Waals surface area contributed by atoms with Gasteiger partial charge in [-0.25, -0.2) is 8.42 Å². The van der Waals surface area contributed by atoms with Crippen LogP contribution in [0.2, 0.25) is 10.0 Å². The van der Waals surface area contributed by atoms with Crippen LogP contribution in [-0.4, -0.2) is 49.8 Å². The van der Waals surface area contributed by atoms with E-state index in [4.69, 9.17) is 23.2 Å². The van der Waals surface area contributed by atoms with E-state index in [0.717, 1.165) is 32.5 Å². The summed E-state index contributed by atoms with van der Waals surface area (Å²) in [6, 6.07) is 4.81. The monoisotopic (exact) mass is 362 g/mol. The van der Waals surface area contributed by atoms with Crippen molar-refractivity contribution in [3.05, 3.63) is 28.2 Å². The Bertz CT molecular complexity index is 645. The molecule has 1 atom stereocenters. The summed E-state index contributed by atoms with van der Waals surface area (Å²) in [4.78, 5) is 2.48. The highest BCUT2D eigenvalue weighted by Crippen LogP contribution is 2.34. The summed E-state index contributed by atoms with van der Waals surface area (Å²) in [5, 5.41) is 0.397. The van der Waals surface area contributed by atoms with Crippen LogP contribution >= 0.6 is 23.2 Å². The molecule has 1 aromatic rings. The van der Waals surface area contributed by atoms with E-state index in [1.54, 1.807) is 16.4 Å². The van der Waals surface area contributed by atoms with Crippen LogP contribution in [0.3, 0.4) is 0 Å². The Morgan fingerprint density at radius 1 is 1.09 bits per heavy atom. The summed E-state index contributed by atoms with van der Waals surface area (Å²) in [5.74, 6) is 0. The molecule has 4 nitrogen and oxygen atoms in total. The molecule has 0 aromatic heterocycles. The van der Waals surface area contributed by atoms with Crippen LogP contribution in [0.4, 0.5) is 0 Å². The molecule has 2 aliphatic rings. The van der Waals surface area contributed by atoms with Gasteiger partial charge in [0.25, 0.3) is 0 Å². The van der Waals surface area contributed by atoms with Crippen molar-refractivity contribution in [3.8, 4) is 0 Å². The Morgan fingerprint density at radius 3 is 2.55 bits per heavy atom. The van der Waals surface area contributed by atoms with Crippen molar-refractivity contribution in [1.82, 2.24) is 9.21 Å². The fraction of sp³-hybridized carbons (Fsp3) is 0.600. The van der Waals surface area contributed by atoms with Gasteiger partial charge >= 0.3 is 0 Å². The number of hydrogen-bond donors (Lipinski definition) is 0. The summed E-state index contributed by atoms with van der Waals surface area (Å²) in [5.41, 5.74) is 0. The lowest BCUT2D eigenvalue weighted by Gasteiger charge is -2.28. The average molecular weight is 363 g/mol. The van der Waals surface area contributed by atoms with Crippen LogP contribution < -0.4 is 0 Å². The molecule has 0 amide bonds. The Kier molecular flexibility index (Phi) is 5.00. The number of benzene rings is 1. The maximum atomic E-state index is 13.0. The lowest BCUT2D eigenvalue weighted by molar-refractivity contribution is 0.257. The van der Waals surface area contributed by atoms with Crippen LogP contribution in [0.1, 0.15) is 25.7 Å². The topological polar surface area (TPSA) is 40.6 Å². The third-order valence-electron chi connectivity index (χ3n) is 4.49. The van der Waals surface area contributed by atoms with Crippen molar-refractivity contribution < 1.29 is 8.42 Å². The molecule has 7 heteroatoms. The molecule has 2 aliphatic heterocycles. The van der Waals surface area contributed by atoms with Crippen LogP contribution in [0.25, 0.3) is 0 Å². The van der Waals surface area contributed by atoms with Gasteiger partial charge in [0.2, 0.25) is 10.0 Å². The normalized spacial score (nSPS) is 24.2. The molecular weight excluding hydrogens is 343 g/mol. The molecule has 2 fully saturated rings. The number of hydrogen-bond acceptors (Lipinski definition) is 3. The molecule has 22 heavy (non-hydrogen) atoms. The second kappa shape index (κ2) is 6.65. The van der Waals surface area contributed by atoms with Crippen LogP contribution in [0, 0.1) is 0 Å². The molecule has 0 spiro atoms. The van der Waals surface area contributed by atoms with Gasteiger partial charge in [0.05, 0.1) is 10.0 Å². The fourth-order valence-corrected chi connectivity index (χ4v) is 5.80. The maximum Gasteiger partial charge on any atom is 0.244 e. The first-order valence-corrected chi connectivity index (χ1v) is 9.88. The van der Waals surface area contributed by atoms with Crippen molar-refractivity contribution >= 4 is 33.2 Å². The number of rotatable bonds is 4. The molecule has 0 bridgehead atoms. The molecule has 2 saturated heterocycles. The molecule has 3 rings (SSSR count). The highest BCUT2D eigenvalue weighted by atomic mass is 35.5. The van der Waals surface area contributed by atoms with Crippen molar-refractivity contribution in [2.75, 3.05) is 26.2 Å². The lowest BCUT2D eigenvalue weighted by atomic mass is 10.2. The predicted molar refractivity (Wildman–Crippen MR) is 89.0 cm³/mol. The van der Waals surface area contributed by atoms with Gasteiger partial charge in [-0.3, -0.25) is 0 Å². The molecule has 122 valence electrons. The fourth-order valence-electron chi connectivity index (χ4n) is 3.38. The minimum Gasteiger partial charge on any atom is -0.302 e. The Morgan fingerprint density at radius 2 is 1.82 bits per heavy atom. The quantitative estimate of drug-likeness (QED) is 0.825. The first-order chi connectivity index (χ1) is 10.5. The zero-order valence-corrected chi connectivity index (χ0v) is 14.7. The Labute approximate surface area is 142 Å². The third kappa shape index (κ3) is 3.15. The second-order valence-corrected chi connectivity index (χ2v) is 8.62. The van der Waals surface area contributed by atoms with Crippen LogP contribution in [0.5, 0.6) is 0 Å². The molecule has 0 saturated carbocycles. The molecule has 2 heterocycles. The zero-order chi connectivity index (χ0) is 15.7. The highest BCUT2D eigenvalue weighted by molar-refractivity contribution is 7.89. The molecule has 0 unspecified atom stereocenters. The van der Waals surface area contributed by atoms with Crippen molar-refractivity contribution in [1.29, 1.82) is 0 Å². The molecule has 0 aliphatic carbocycles. The Hall–Kier alpha value is -0.330. The van der Waals surface area contributed by atoms with E-state index < -0.39 is 10.0 Å². The first-order valence-electron chi connectivity index (χ1n) is 7.68. The number of sulfonamides is 1. The van der Waals surface area contributed by atoms with Gasteiger partial charge in [-0.05, 0) is 50.9 Å². The van der Waals surface area contributed by atoms with Gasteiger partial charge < -0.3 is 4.90 Å². The molecule has 0 N–H and O–H groups in total. The summed E-state index contributed by atoms with van der Waals surface area (Å²) >= 11 is 12.1. The van der Waals surface area contributed by atoms with E-state index >= 15 is 0 Å². The molecular formula is C15H20Cl2N2O2S. The van der Waals surface area contributed by atoms with Crippen molar-refractivity contribution in [2.45, 2.75) is 36.6 Å². The third-order valence-corrected chi connectivity index (χ3v) is 7.42. The average Bonchev–Trinajstić information content (AvgIpc) is 3.14. The highest BCUT2D eigenvalue weighted by Gasteiger charge is 2.37. The summed E-state index contributed by atoms with van der Waals surface area (Å²) in [7, 11) is -3.59. The second-order valence-electron chi connectivity index (χ2n) is 5.97. The lowest BCUT2D eigenvalue weighted by Crippen LogP contribution is -2.42. The van der Waals surface area contributed by atoms with E-state index in [1.807, 2.05) is 0 Å². The van der Waals surface area contributed by atoms with E-state index in [1.165, 1.54) is 18.9 Å². The van der Waals surface area contributed by atoms with Gasteiger partial charge in [0.1, 0.15) is 4.90 Å². The van der Waals surface area contributed by atoms with E-state index in [0.29, 0.717) is 6.54 Å². The number of nitrogens with zero attached hydrogens (tertiary/aromatic N) is 2. The summed E-state index contributed by atoms with van der Waals surface area (Å²) in [6.07, 6.45) is 4.23. The zero-order valence-electron chi connectivity index (χ0n) is 12.3. The largest absolute Gasteiger partial charge is 0.302 e. The van der Waals surface area contributed by atoms with Gasteiger partial charge in [-0.15, -0.1) is 0 Å². The van der Waals surface area contributed by atoms with Gasteiger partial charge in [0.15, 0.2) is 0 Å². The van der Waals surface area contributed by atoms with Gasteiger partial charge in [-0.2, -0.15) is 4.31 Å². The van der Waals surface area contributed by atoms with Gasteiger partial charge in [-0.1, -0.05) is 29.3 Å². The van der Waals surface area contributed by atoms with Crippen LogP contribution in [0.15, 0.2) is 23.1 Å². The SMILES string of the molecule is O=S(=O)(c1cccc(Cl)c1Cl)N1CCC[C@@H]1CN1CCCC1. The molecule has 0 radical (unpaired) electrons. The van der Waals surface area contributed by atoms with E-state index in [2.05, 4.69) is 4.90 Å². The Balaban J connectivity index is 1.85. The van der Waals surface area contributed by atoms with Gasteiger partial charge in [0, 0.05) is 19.1 Å². The maximum absolute atomic E-state index is 13.0. The standard InChI is InChI=1S/C15H20Cl2N2O2S/c16-13-6-3-7-14(15(13)17)22(20,21)19-10-4-5-12(19)11-18-8-1-2-9-18/h3,6-7,12H,1-2,4-5,8-11H2/t12-/m1/s1. The van der Waals surface area contributed by atoms with Crippen LogP contribution in [-0.2, 0) is 10.0 Å². The van der Waals surface area contributed by atoms with E-state index in [9.17, 15) is 8.42 Å². The minimum absolute atomic E-state index is 0.0400. The van der Waals surface area contributed by atoms with Crippen molar-refractivity contribution in [2.24, 2.45) is 0 Å². The minimum atomic E-state index is -3.59. The number of likely N-dealkylation sites (tertiary alicyclic amines) is 1. The smallest absolute Gasteiger partial charge is 0.244 e. The summed E-state index contributed by atoms with van der Waals surface area (Å²) < 4.78 is 27.5. The molecule has 1 aromatic carbocycles. The van der Waals surface area contributed by atoms with Crippen molar-refractivity contribution in [3.63, 3.8) is 0 Å². The first kappa shape index (κ1) is 16.5. The van der Waals surface area contributed by atoms with E-state index in [-0.39, 0.29) is 21.0 Å².